The summed E-state index contributed by atoms with van der Waals surface area (Å²) in [6, 6.07) is -0.402. The van der Waals surface area contributed by atoms with Crippen LogP contribution in [0.3, 0.4) is 0 Å². The molecule has 0 aliphatic rings. The molecule has 0 aliphatic heterocycles. The molecule has 7 heteroatoms. The minimum Gasteiger partial charge on any atom is -0.477 e. The molecule has 0 aliphatic carbocycles. The Labute approximate surface area is 86.3 Å². The Morgan fingerprint density at radius 3 is 2.60 bits per heavy atom. The number of anilines is 1. The van der Waals surface area contributed by atoms with E-state index >= 15 is 0 Å². The molecule has 0 saturated carbocycles. The molecule has 2 amide bonds. The molecular weight excluding hydrogens is 200 g/mol. The molecule has 1 aromatic heterocycles. The summed E-state index contributed by atoms with van der Waals surface area (Å²) in [6.45, 7) is 0. The number of hydrogen-bond acceptors (Lipinski definition) is 3. The van der Waals surface area contributed by atoms with E-state index in [1.54, 1.807) is 21.1 Å². The number of nitrogens with zero attached hydrogens (tertiary/aromatic N) is 3. The van der Waals surface area contributed by atoms with Gasteiger partial charge in [0.1, 0.15) is 11.4 Å². The molecule has 0 bridgehead atoms. The van der Waals surface area contributed by atoms with E-state index in [9.17, 15) is 9.59 Å². The topological polar surface area (TPSA) is 87.5 Å². The number of carbonyl (C=O) groups excluding carboxylic acids is 1. The van der Waals surface area contributed by atoms with Gasteiger partial charge in [-0.2, -0.15) is 5.10 Å². The standard InChI is InChI=1S/C8H12N4O3/c1-11(2)8(15)10-6-5(7(13)14)4-9-12(6)3/h4H,1-3H3,(H,10,15)(H,13,14). The third kappa shape index (κ3) is 2.25. The zero-order chi connectivity index (χ0) is 11.6. The predicted molar refractivity (Wildman–Crippen MR) is 52.9 cm³/mol. The zero-order valence-electron chi connectivity index (χ0n) is 8.68. The van der Waals surface area contributed by atoms with Gasteiger partial charge in [-0.3, -0.25) is 10.00 Å². The number of aryl methyl sites for hydroxylation is 1. The molecular formula is C8H12N4O3. The number of aromatic carboxylic acids is 1. The first-order chi connectivity index (χ1) is 6.93. The summed E-state index contributed by atoms with van der Waals surface area (Å²) in [7, 11) is 4.68. The molecule has 15 heavy (non-hydrogen) atoms. The average Bonchev–Trinajstić information content (AvgIpc) is 2.48. The number of amides is 2. The van der Waals surface area contributed by atoms with Crippen LogP contribution in [0.5, 0.6) is 0 Å². The molecule has 0 saturated heterocycles. The number of nitrogens with one attached hydrogen (secondary N) is 1. The molecule has 0 fully saturated rings. The van der Waals surface area contributed by atoms with E-state index in [1.807, 2.05) is 0 Å². The number of aromatic nitrogens is 2. The van der Waals surface area contributed by atoms with Crippen LogP contribution in [0.2, 0.25) is 0 Å². The largest absolute Gasteiger partial charge is 0.477 e. The van der Waals surface area contributed by atoms with E-state index in [1.165, 1.54) is 15.8 Å². The Bertz CT molecular complexity index is 397. The SMILES string of the molecule is CN(C)C(=O)Nc1c(C(=O)O)cnn1C. The summed E-state index contributed by atoms with van der Waals surface area (Å²) in [5.74, 6) is -0.960. The zero-order valence-corrected chi connectivity index (χ0v) is 8.68. The molecule has 0 radical (unpaired) electrons. The van der Waals surface area contributed by atoms with Gasteiger partial charge in [0.25, 0.3) is 0 Å². The Balaban J connectivity index is 2.98. The van der Waals surface area contributed by atoms with Crippen LogP contribution in [-0.4, -0.2) is 45.9 Å². The second-order valence-electron chi connectivity index (χ2n) is 3.16. The lowest BCUT2D eigenvalue weighted by Crippen LogP contribution is -2.29. The van der Waals surface area contributed by atoms with Gasteiger partial charge >= 0.3 is 12.0 Å². The van der Waals surface area contributed by atoms with E-state index in [0.717, 1.165) is 0 Å². The lowest BCUT2D eigenvalue weighted by Gasteiger charge is -2.12. The van der Waals surface area contributed by atoms with Crippen LogP contribution in [0.4, 0.5) is 10.6 Å². The van der Waals surface area contributed by atoms with Gasteiger partial charge in [0, 0.05) is 21.1 Å². The van der Waals surface area contributed by atoms with E-state index in [4.69, 9.17) is 5.11 Å². The number of carboxylic acids is 1. The van der Waals surface area contributed by atoms with E-state index in [0.29, 0.717) is 0 Å². The molecule has 1 rings (SSSR count). The third-order valence-corrected chi connectivity index (χ3v) is 1.80. The predicted octanol–water partition coefficient (Wildman–Crippen LogP) is 0.212. The summed E-state index contributed by atoms with van der Waals surface area (Å²) in [5.41, 5.74) is -0.0345. The highest BCUT2D eigenvalue weighted by Crippen LogP contribution is 2.13. The Morgan fingerprint density at radius 1 is 1.53 bits per heavy atom. The number of hydrogen-bond donors (Lipinski definition) is 2. The van der Waals surface area contributed by atoms with E-state index in [-0.39, 0.29) is 11.4 Å². The number of urea groups is 1. The molecule has 0 atom stereocenters. The van der Waals surface area contributed by atoms with Gasteiger partial charge in [-0.25, -0.2) is 9.59 Å². The lowest BCUT2D eigenvalue weighted by molar-refractivity contribution is 0.0698. The summed E-state index contributed by atoms with van der Waals surface area (Å²) in [5, 5.41) is 15.0. The molecule has 7 nitrogen and oxygen atoms in total. The van der Waals surface area contributed by atoms with Crippen molar-refractivity contribution in [3.05, 3.63) is 11.8 Å². The highest BCUT2D eigenvalue weighted by molar-refractivity contribution is 5.98. The minimum absolute atomic E-state index is 0.0345. The summed E-state index contributed by atoms with van der Waals surface area (Å²) in [6.07, 6.45) is 1.19. The average molecular weight is 212 g/mol. The fourth-order valence-electron chi connectivity index (χ4n) is 0.955. The van der Waals surface area contributed by atoms with Gasteiger partial charge in [-0.05, 0) is 0 Å². The maximum absolute atomic E-state index is 11.3. The van der Waals surface area contributed by atoms with Crippen LogP contribution in [0.1, 0.15) is 10.4 Å². The van der Waals surface area contributed by atoms with Crippen molar-refractivity contribution in [3.63, 3.8) is 0 Å². The van der Waals surface area contributed by atoms with Crippen LogP contribution >= 0.6 is 0 Å². The van der Waals surface area contributed by atoms with Gasteiger partial charge in [-0.15, -0.1) is 0 Å². The molecule has 1 heterocycles. The van der Waals surface area contributed by atoms with Crippen molar-refractivity contribution in [1.29, 1.82) is 0 Å². The Hall–Kier alpha value is -2.05. The van der Waals surface area contributed by atoms with Crippen molar-refractivity contribution >= 4 is 17.8 Å². The Kier molecular flexibility index (Phi) is 2.93. The first-order valence-corrected chi connectivity index (χ1v) is 4.17. The first-order valence-electron chi connectivity index (χ1n) is 4.17. The fraction of sp³-hybridized carbons (Fsp3) is 0.375. The number of carbonyl (C=O) groups is 2. The molecule has 0 unspecified atom stereocenters. The molecule has 2 N–H and O–H groups in total. The molecule has 82 valence electrons. The second-order valence-corrected chi connectivity index (χ2v) is 3.16. The smallest absolute Gasteiger partial charge is 0.341 e. The highest BCUT2D eigenvalue weighted by atomic mass is 16.4. The molecule has 0 spiro atoms. The minimum atomic E-state index is -1.13. The van der Waals surface area contributed by atoms with Crippen LogP contribution < -0.4 is 5.32 Å². The van der Waals surface area contributed by atoms with Crippen LogP contribution in [0.15, 0.2) is 6.20 Å². The van der Waals surface area contributed by atoms with Gasteiger partial charge in [0.2, 0.25) is 0 Å². The van der Waals surface area contributed by atoms with E-state index in [2.05, 4.69) is 10.4 Å². The summed E-state index contributed by atoms with van der Waals surface area (Å²) >= 11 is 0. The molecule has 1 aromatic rings. The van der Waals surface area contributed by atoms with Crippen LogP contribution in [-0.2, 0) is 7.05 Å². The summed E-state index contributed by atoms with van der Waals surface area (Å²) < 4.78 is 1.30. The van der Waals surface area contributed by atoms with Crippen molar-refractivity contribution in [1.82, 2.24) is 14.7 Å². The van der Waals surface area contributed by atoms with Crippen molar-refractivity contribution in [2.75, 3.05) is 19.4 Å². The van der Waals surface area contributed by atoms with E-state index < -0.39 is 12.0 Å². The monoisotopic (exact) mass is 212 g/mol. The van der Waals surface area contributed by atoms with Crippen molar-refractivity contribution in [3.8, 4) is 0 Å². The van der Waals surface area contributed by atoms with Crippen LogP contribution in [0, 0.1) is 0 Å². The fourth-order valence-corrected chi connectivity index (χ4v) is 0.955. The maximum atomic E-state index is 11.3. The second kappa shape index (κ2) is 3.99. The van der Waals surface area contributed by atoms with Crippen LogP contribution in [0.25, 0.3) is 0 Å². The Morgan fingerprint density at radius 2 is 2.13 bits per heavy atom. The first kappa shape index (κ1) is 11.0. The van der Waals surface area contributed by atoms with Crippen molar-refractivity contribution < 1.29 is 14.7 Å². The lowest BCUT2D eigenvalue weighted by atomic mass is 10.3. The number of rotatable bonds is 2. The van der Waals surface area contributed by atoms with Gasteiger partial charge in [0.15, 0.2) is 0 Å². The third-order valence-electron chi connectivity index (χ3n) is 1.80. The van der Waals surface area contributed by atoms with Gasteiger partial charge in [0.05, 0.1) is 6.20 Å². The quantitative estimate of drug-likeness (QED) is 0.733. The van der Waals surface area contributed by atoms with Gasteiger partial charge in [-0.1, -0.05) is 0 Å². The van der Waals surface area contributed by atoms with Crippen molar-refractivity contribution in [2.45, 2.75) is 0 Å². The van der Waals surface area contributed by atoms with Gasteiger partial charge < -0.3 is 10.0 Å². The number of carboxylic acid groups (broad SMARTS) is 1. The highest BCUT2D eigenvalue weighted by Gasteiger charge is 2.17. The normalized spacial score (nSPS) is 9.80. The molecule has 0 aromatic carbocycles. The maximum Gasteiger partial charge on any atom is 0.341 e. The van der Waals surface area contributed by atoms with Crippen molar-refractivity contribution in [2.24, 2.45) is 7.05 Å². The summed E-state index contributed by atoms with van der Waals surface area (Å²) in [4.78, 5) is 23.4.